The molecule has 0 aliphatic carbocycles. The molecule has 0 aliphatic heterocycles. The molecular formula is C18H15BrFNS. The van der Waals surface area contributed by atoms with Gasteiger partial charge in [0.2, 0.25) is 0 Å². The molecule has 0 unspecified atom stereocenters. The van der Waals surface area contributed by atoms with Crippen LogP contribution in [0.4, 0.5) is 4.39 Å². The van der Waals surface area contributed by atoms with Gasteiger partial charge < -0.3 is 0 Å². The summed E-state index contributed by atoms with van der Waals surface area (Å²) in [6.45, 7) is 0. The first-order chi connectivity index (χ1) is 10.7. The molecule has 0 N–H and O–H groups in total. The van der Waals surface area contributed by atoms with Crippen LogP contribution in [0.15, 0.2) is 53.4 Å². The van der Waals surface area contributed by atoms with Crippen molar-refractivity contribution in [3.05, 3.63) is 60.0 Å². The molecule has 3 aromatic rings. The Morgan fingerprint density at radius 3 is 2.59 bits per heavy atom. The maximum absolute atomic E-state index is 13.7. The molecule has 112 valence electrons. The molecule has 0 fully saturated rings. The average Bonchev–Trinajstić information content (AvgIpc) is 2.55. The number of hydrogen-bond acceptors (Lipinski definition) is 2. The van der Waals surface area contributed by atoms with Crippen LogP contribution in [0.2, 0.25) is 0 Å². The summed E-state index contributed by atoms with van der Waals surface area (Å²) in [5.74, 6) is -0.225. The number of aryl methyl sites for hydroxylation is 1. The molecule has 0 aliphatic rings. The van der Waals surface area contributed by atoms with E-state index >= 15 is 0 Å². The number of pyridine rings is 1. The van der Waals surface area contributed by atoms with Gasteiger partial charge >= 0.3 is 0 Å². The molecule has 2 aromatic carbocycles. The highest BCUT2D eigenvalue weighted by atomic mass is 79.9. The number of benzene rings is 2. The van der Waals surface area contributed by atoms with Gasteiger partial charge in [-0.15, -0.1) is 11.8 Å². The third kappa shape index (κ3) is 2.90. The molecule has 0 amide bonds. The Hall–Kier alpha value is -1.39. The van der Waals surface area contributed by atoms with Gasteiger partial charge in [0.15, 0.2) is 0 Å². The minimum atomic E-state index is -0.225. The van der Waals surface area contributed by atoms with E-state index in [1.54, 1.807) is 23.9 Å². The number of fused-ring (bicyclic) bond motifs is 1. The van der Waals surface area contributed by atoms with Crippen LogP contribution in [-0.4, -0.2) is 16.6 Å². The minimum absolute atomic E-state index is 0.225. The predicted molar refractivity (Wildman–Crippen MR) is 96.4 cm³/mol. The van der Waals surface area contributed by atoms with Crippen molar-refractivity contribution in [2.45, 2.75) is 11.3 Å². The van der Waals surface area contributed by atoms with Crippen molar-refractivity contribution < 1.29 is 4.39 Å². The lowest BCUT2D eigenvalue weighted by Gasteiger charge is -2.16. The van der Waals surface area contributed by atoms with E-state index < -0.39 is 0 Å². The summed E-state index contributed by atoms with van der Waals surface area (Å²) in [4.78, 5) is 5.87. The van der Waals surface area contributed by atoms with Crippen LogP contribution in [0.25, 0.3) is 22.0 Å². The van der Waals surface area contributed by atoms with Crippen LogP contribution in [0.1, 0.15) is 5.69 Å². The van der Waals surface area contributed by atoms with Gasteiger partial charge in [-0.25, -0.2) is 4.39 Å². The molecule has 0 bridgehead atoms. The molecule has 3 rings (SSSR count). The fourth-order valence-corrected chi connectivity index (χ4v) is 3.84. The number of thioether (sulfide) groups is 1. The van der Waals surface area contributed by atoms with E-state index in [4.69, 9.17) is 4.98 Å². The fourth-order valence-electron chi connectivity index (χ4n) is 2.64. The van der Waals surface area contributed by atoms with Crippen molar-refractivity contribution in [2.24, 2.45) is 0 Å². The molecule has 0 spiro atoms. The Morgan fingerprint density at radius 2 is 1.91 bits per heavy atom. The van der Waals surface area contributed by atoms with Crippen LogP contribution in [-0.2, 0) is 6.42 Å². The van der Waals surface area contributed by atoms with E-state index in [9.17, 15) is 4.39 Å². The predicted octanol–water partition coefficient (Wildman–Crippen LogP) is 5.70. The summed E-state index contributed by atoms with van der Waals surface area (Å²) >= 11 is 5.15. The van der Waals surface area contributed by atoms with E-state index in [2.05, 4.69) is 28.1 Å². The highest BCUT2D eigenvalue weighted by Crippen LogP contribution is 2.38. The van der Waals surface area contributed by atoms with Crippen molar-refractivity contribution in [1.82, 2.24) is 4.98 Å². The van der Waals surface area contributed by atoms with Gasteiger partial charge in [-0.1, -0.05) is 46.3 Å². The lowest BCUT2D eigenvalue weighted by atomic mass is 10.00. The zero-order chi connectivity index (χ0) is 15.5. The highest BCUT2D eigenvalue weighted by Gasteiger charge is 2.16. The Kier molecular flexibility index (Phi) is 4.79. The van der Waals surface area contributed by atoms with Crippen molar-refractivity contribution in [1.29, 1.82) is 0 Å². The van der Waals surface area contributed by atoms with Gasteiger partial charge in [-0.3, -0.25) is 4.98 Å². The van der Waals surface area contributed by atoms with Crippen molar-refractivity contribution in [3.8, 4) is 11.1 Å². The van der Waals surface area contributed by atoms with Crippen LogP contribution < -0.4 is 0 Å². The van der Waals surface area contributed by atoms with Crippen LogP contribution in [0.5, 0.6) is 0 Å². The van der Waals surface area contributed by atoms with Gasteiger partial charge in [0, 0.05) is 27.6 Å². The first-order valence-electron chi connectivity index (χ1n) is 7.02. The summed E-state index contributed by atoms with van der Waals surface area (Å²) in [5.41, 5.74) is 4.14. The van der Waals surface area contributed by atoms with E-state index in [0.29, 0.717) is 0 Å². The first-order valence-corrected chi connectivity index (χ1v) is 9.36. The van der Waals surface area contributed by atoms with E-state index in [1.165, 1.54) is 6.07 Å². The average molecular weight is 376 g/mol. The highest BCUT2D eigenvalue weighted by molar-refractivity contribution is 9.09. The second-order valence-corrected chi connectivity index (χ2v) is 6.54. The van der Waals surface area contributed by atoms with Crippen molar-refractivity contribution in [3.63, 3.8) is 0 Å². The number of rotatable bonds is 4. The summed E-state index contributed by atoms with van der Waals surface area (Å²) in [5, 5.41) is 1.73. The number of hydrogen-bond donors (Lipinski definition) is 0. The summed E-state index contributed by atoms with van der Waals surface area (Å²) in [6.07, 6.45) is 2.87. The second-order valence-electron chi connectivity index (χ2n) is 4.93. The largest absolute Gasteiger partial charge is 0.252 e. The van der Waals surface area contributed by atoms with Gasteiger partial charge in [0.25, 0.3) is 0 Å². The molecule has 22 heavy (non-hydrogen) atoms. The number of nitrogens with zero attached hydrogens (tertiary/aromatic N) is 1. The zero-order valence-corrected chi connectivity index (χ0v) is 14.5. The summed E-state index contributed by atoms with van der Waals surface area (Å²) in [7, 11) is 0. The molecule has 1 nitrogen and oxygen atoms in total. The monoisotopic (exact) mass is 375 g/mol. The molecule has 0 saturated carbocycles. The smallest absolute Gasteiger partial charge is 0.124 e. The van der Waals surface area contributed by atoms with Gasteiger partial charge in [-0.05, 0) is 30.0 Å². The summed E-state index contributed by atoms with van der Waals surface area (Å²) in [6, 6.07) is 15.0. The van der Waals surface area contributed by atoms with Crippen LogP contribution >= 0.6 is 27.7 Å². The van der Waals surface area contributed by atoms with E-state index in [1.807, 2.05) is 24.5 Å². The third-order valence-corrected chi connectivity index (χ3v) is 4.80. The normalized spacial score (nSPS) is 11.0. The first kappa shape index (κ1) is 15.5. The number of halogens is 2. The Balaban J connectivity index is 2.38. The second kappa shape index (κ2) is 6.80. The lowest BCUT2D eigenvalue weighted by molar-refractivity contribution is 0.629. The van der Waals surface area contributed by atoms with E-state index in [-0.39, 0.29) is 5.82 Å². The van der Waals surface area contributed by atoms with Gasteiger partial charge in [0.1, 0.15) is 5.82 Å². The molecular weight excluding hydrogens is 361 g/mol. The number of alkyl halides is 1. The topological polar surface area (TPSA) is 12.9 Å². The Bertz CT molecular complexity index is 805. The van der Waals surface area contributed by atoms with Crippen LogP contribution in [0.3, 0.4) is 0 Å². The molecule has 0 atom stereocenters. The minimum Gasteiger partial charge on any atom is -0.252 e. The Morgan fingerprint density at radius 1 is 1.14 bits per heavy atom. The lowest BCUT2D eigenvalue weighted by Crippen LogP contribution is -2.00. The number of aromatic nitrogens is 1. The van der Waals surface area contributed by atoms with Gasteiger partial charge in [-0.2, -0.15) is 0 Å². The standard InChI is InChI=1S/C18H15BrFNS/c1-22-18-14-11-13(20)7-8-15(14)21-16(9-10-19)17(18)12-5-3-2-4-6-12/h2-8,11H,9-10H2,1H3. The fraction of sp³-hybridized carbons (Fsp3) is 0.167. The molecule has 1 heterocycles. The van der Waals surface area contributed by atoms with Crippen molar-refractivity contribution >= 4 is 38.6 Å². The van der Waals surface area contributed by atoms with Gasteiger partial charge in [0.05, 0.1) is 11.2 Å². The molecule has 1 aromatic heterocycles. The molecule has 4 heteroatoms. The maximum atomic E-state index is 13.7. The van der Waals surface area contributed by atoms with Crippen molar-refractivity contribution in [2.75, 3.05) is 11.6 Å². The van der Waals surface area contributed by atoms with Crippen LogP contribution in [0, 0.1) is 5.82 Å². The molecule has 0 saturated heterocycles. The summed E-state index contributed by atoms with van der Waals surface area (Å²) < 4.78 is 13.7. The third-order valence-electron chi connectivity index (χ3n) is 3.57. The SMILES string of the molecule is CSc1c(-c2ccccc2)c(CCBr)nc2ccc(F)cc12. The van der Waals surface area contributed by atoms with E-state index in [0.717, 1.165) is 44.4 Å². The maximum Gasteiger partial charge on any atom is 0.124 e. The Labute approximate surface area is 142 Å². The molecule has 0 radical (unpaired) electrons. The zero-order valence-electron chi connectivity index (χ0n) is 12.1. The quantitative estimate of drug-likeness (QED) is 0.428.